The van der Waals surface area contributed by atoms with Gasteiger partial charge in [0, 0.05) is 3.57 Å². The number of amides is 1. The Morgan fingerprint density at radius 3 is 2.45 bits per heavy atom. The van der Waals surface area contributed by atoms with Crippen molar-refractivity contribution in [1.29, 1.82) is 0 Å². The first kappa shape index (κ1) is 13.6. The van der Waals surface area contributed by atoms with Gasteiger partial charge in [0.1, 0.15) is 4.90 Å². The predicted molar refractivity (Wildman–Crippen MR) is 82.7 cm³/mol. The highest BCUT2D eigenvalue weighted by Crippen LogP contribution is 2.32. The molecule has 2 aromatic carbocycles. The highest BCUT2D eigenvalue weighted by atomic mass is 127. The number of hydrogen-bond acceptors (Lipinski definition) is 3. The summed E-state index contributed by atoms with van der Waals surface area (Å²) in [6.07, 6.45) is 0. The van der Waals surface area contributed by atoms with Gasteiger partial charge in [0.25, 0.3) is 15.9 Å². The van der Waals surface area contributed by atoms with Crippen LogP contribution in [0.5, 0.6) is 0 Å². The van der Waals surface area contributed by atoms with Crippen LogP contribution in [0.1, 0.15) is 15.9 Å². The lowest BCUT2D eigenvalue weighted by molar-refractivity contribution is 0.0865. The van der Waals surface area contributed by atoms with E-state index in [4.69, 9.17) is 0 Å². The average Bonchev–Trinajstić information content (AvgIpc) is 2.61. The van der Waals surface area contributed by atoms with Crippen molar-refractivity contribution < 1.29 is 13.2 Å². The van der Waals surface area contributed by atoms with Gasteiger partial charge >= 0.3 is 0 Å². The number of halogens is 1. The number of carbonyl (C=O) groups excluding carboxylic acids is 1. The molecule has 20 heavy (non-hydrogen) atoms. The van der Waals surface area contributed by atoms with E-state index in [-0.39, 0.29) is 17.0 Å². The molecular formula is C14H10INO3S. The molecule has 0 aromatic heterocycles. The maximum atomic E-state index is 12.5. The maximum absolute atomic E-state index is 12.5. The number of carbonyl (C=O) groups is 1. The summed E-state index contributed by atoms with van der Waals surface area (Å²) in [6.45, 7) is 0.0628. The maximum Gasteiger partial charge on any atom is 0.269 e. The minimum atomic E-state index is -3.74. The first-order valence-corrected chi connectivity index (χ1v) is 8.42. The summed E-state index contributed by atoms with van der Waals surface area (Å²) in [4.78, 5) is 12.4. The molecule has 4 nitrogen and oxygen atoms in total. The number of nitrogens with zero attached hydrogens (tertiary/aromatic N) is 1. The summed E-state index contributed by atoms with van der Waals surface area (Å²) in [5.74, 6) is -0.458. The molecule has 0 saturated carbocycles. The summed E-state index contributed by atoms with van der Waals surface area (Å²) in [5, 5.41) is 0. The summed E-state index contributed by atoms with van der Waals surface area (Å²) in [6, 6.07) is 13.9. The van der Waals surface area contributed by atoms with E-state index >= 15 is 0 Å². The Morgan fingerprint density at radius 2 is 1.75 bits per heavy atom. The first-order valence-electron chi connectivity index (χ1n) is 5.91. The summed E-state index contributed by atoms with van der Waals surface area (Å²) in [7, 11) is -3.74. The molecule has 0 saturated heterocycles. The summed E-state index contributed by atoms with van der Waals surface area (Å²) in [5.41, 5.74) is 1.04. The molecule has 0 unspecified atom stereocenters. The summed E-state index contributed by atoms with van der Waals surface area (Å²) >= 11 is 2.03. The lowest BCUT2D eigenvalue weighted by Gasteiger charge is -2.14. The fraction of sp³-hybridized carbons (Fsp3) is 0.0714. The van der Waals surface area contributed by atoms with E-state index < -0.39 is 15.9 Å². The molecule has 0 aliphatic carbocycles. The van der Waals surface area contributed by atoms with Gasteiger partial charge in [-0.15, -0.1) is 0 Å². The van der Waals surface area contributed by atoms with Gasteiger partial charge in [0.15, 0.2) is 0 Å². The van der Waals surface area contributed by atoms with Crippen molar-refractivity contribution in [2.24, 2.45) is 0 Å². The molecule has 0 radical (unpaired) electrons. The topological polar surface area (TPSA) is 54.5 Å². The van der Waals surface area contributed by atoms with Gasteiger partial charge in [-0.25, -0.2) is 12.7 Å². The van der Waals surface area contributed by atoms with Crippen molar-refractivity contribution in [2.45, 2.75) is 11.4 Å². The average molecular weight is 399 g/mol. The highest BCUT2D eigenvalue weighted by Gasteiger charge is 2.41. The fourth-order valence-electron chi connectivity index (χ4n) is 2.15. The molecule has 1 aliphatic heterocycles. The third-order valence-electron chi connectivity index (χ3n) is 3.14. The van der Waals surface area contributed by atoms with E-state index in [0.717, 1.165) is 13.4 Å². The van der Waals surface area contributed by atoms with E-state index in [9.17, 15) is 13.2 Å². The van der Waals surface area contributed by atoms with Crippen LogP contribution in [-0.4, -0.2) is 18.6 Å². The largest absolute Gasteiger partial charge is 0.269 e. The molecule has 6 heteroatoms. The fourth-order valence-corrected chi connectivity index (χ4v) is 4.44. The number of hydrogen-bond donors (Lipinski definition) is 0. The van der Waals surface area contributed by atoms with Crippen molar-refractivity contribution in [3.63, 3.8) is 0 Å². The van der Waals surface area contributed by atoms with Gasteiger partial charge in [-0.1, -0.05) is 30.3 Å². The molecule has 3 rings (SSSR count). The van der Waals surface area contributed by atoms with Crippen molar-refractivity contribution in [3.8, 4) is 0 Å². The van der Waals surface area contributed by atoms with Crippen LogP contribution in [0.2, 0.25) is 0 Å². The predicted octanol–water partition coefficient (Wildman–Crippen LogP) is 2.64. The second kappa shape index (κ2) is 4.85. The molecule has 0 N–H and O–H groups in total. The van der Waals surface area contributed by atoms with Crippen molar-refractivity contribution in [1.82, 2.24) is 4.31 Å². The van der Waals surface area contributed by atoms with Gasteiger partial charge in [-0.3, -0.25) is 4.79 Å². The van der Waals surface area contributed by atoms with E-state index in [1.165, 1.54) is 6.07 Å². The third-order valence-corrected chi connectivity index (χ3v) is 5.58. The second-order valence-corrected chi connectivity index (χ2v) is 7.52. The molecule has 0 spiro atoms. The van der Waals surface area contributed by atoms with Crippen LogP contribution in [0.15, 0.2) is 53.4 Å². The first-order chi connectivity index (χ1) is 9.50. The number of sulfonamides is 1. The van der Waals surface area contributed by atoms with Crippen LogP contribution in [0, 0.1) is 3.57 Å². The molecule has 1 amide bonds. The highest BCUT2D eigenvalue weighted by molar-refractivity contribution is 14.1. The lowest BCUT2D eigenvalue weighted by atomic mass is 10.2. The van der Waals surface area contributed by atoms with Crippen LogP contribution in [0.25, 0.3) is 0 Å². The molecule has 1 heterocycles. The van der Waals surface area contributed by atoms with Crippen LogP contribution < -0.4 is 0 Å². The van der Waals surface area contributed by atoms with Crippen molar-refractivity contribution in [3.05, 3.63) is 63.2 Å². The van der Waals surface area contributed by atoms with E-state index in [1.807, 2.05) is 40.8 Å². The minimum Gasteiger partial charge on any atom is -0.268 e. The molecule has 2 aromatic rings. The zero-order valence-corrected chi connectivity index (χ0v) is 13.3. The Labute approximate surface area is 130 Å². The Bertz CT molecular complexity index is 787. The lowest BCUT2D eigenvalue weighted by Crippen LogP contribution is -2.29. The molecule has 102 valence electrons. The quantitative estimate of drug-likeness (QED) is 0.730. The minimum absolute atomic E-state index is 0.0628. The van der Waals surface area contributed by atoms with Crippen molar-refractivity contribution >= 4 is 38.5 Å². The molecule has 1 aliphatic rings. The zero-order valence-electron chi connectivity index (χ0n) is 10.3. The van der Waals surface area contributed by atoms with Crippen LogP contribution in [-0.2, 0) is 16.6 Å². The van der Waals surface area contributed by atoms with Gasteiger partial charge in [-0.2, -0.15) is 0 Å². The Hall–Kier alpha value is -1.41. The van der Waals surface area contributed by atoms with Gasteiger partial charge in [-0.05, 0) is 46.4 Å². The monoisotopic (exact) mass is 399 g/mol. The zero-order chi connectivity index (χ0) is 14.3. The van der Waals surface area contributed by atoms with Crippen LogP contribution >= 0.6 is 22.6 Å². The normalized spacial score (nSPS) is 16.2. The van der Waals surface area contributed by atoms with E-state index in [1.54, 1.807) is 24.3 Å². The number of rotatable bonds is 2. The van der Waals surface area contributed by atoms with Gasteiger partial charge in [0.2, 0.25) is 0 Å². The van der Waals surface area contributed by atoms with Crippen LogP contribution in [0.4, 0.5) is 0 Å². The number of benzene rings is 2. The van der Waals surface area contributed by atoms with Gasteiger partial charge in [0.05, 0.1) is 12.1 Å². The Kier molecular flexibility index (Phi) is 3.29. The summed E-state index contributed by atoms with van der Waals surface area (Å²) < 4.78 is 26.6. The second-order valence-electron chi connectivity index (χ2n) is 4.44. The smallest absolute Gasteiger partial charge is 0.268 e. The van der Waals surface area contributed by atoms with Crippen LogP contribution in [0.3, 0.4) is 0 Å². The molecular weight excluding hydrogens is 389 g/mol. The third kappa shape index (κ3) is 2.12. The SMILES string of the molecule is O=C1c2ccc(I)cc2S(=O)(=O)N1Cc1ccccc1. The van der Waals surface area contributed by atoms with E-state index in [0.29, 0.717) is 0 Å². The molecule has 0 bridgehead atoms. The standard InChI is InChI=1S/C14H10INO3S/c15-11-6-7-12-13(8-11)20(18,19)16(14(12)17)9-10-4-2-1-3-5-10/h1-8H,9H2. The Balaban J connectivity index is 2.06. The molecule has 0 fully saturated rings. The van der Waals surface area contributed by atoms with E-state index in [2.05, 4.69) is 0 Å². The van der Waals surface area contributed by atoms with Crippen molar-refractivity contribution in [2.75, 3.05) is 0 Å². The van der Waals surface area contributed by atoms with Gasteiger partial charge < -0.3 is 0 Å². The Morgan fingerprint density at radius 1 is 1.05 bits per heavy atom. The number of fused-ring (bicyclic) bond motifs is 1. The molecule has 0 atom stereocenters.